The minimum absolute atomic E-state index is 0.00509. The van der Waals surface area contributed by atoms with Gasteiger partial charge in [0.25, 0.3) is 0 Å². The molecule has 1 aliphatic rings. The van der Waals surface area contributed by atoms with Crippen molar-refractivity contribution in [1.82, 2.24) is 0 Å². The summed E-state index contributed by atoms with van der Waals surface area (Å²) in [6, 6.07) is 0. The van der Waals surface area contributed by atoms with E-state index in [4.69, 9.17) is 9.47 Å². The first kappa shape index (κ1) is 67.6. The van der Waals surface area contributed by atoms with Gasteiger partial charge in [-0.15, -0.1) is 0 Å². The molecule has 0 bridgehead atoms. The molecule has 6 nitrogen and oxygen atoms in total. The molecule has 6 heteroatoms. The molecule has 1 saturated heterocycles. The van der Waals surface area contributed by atoms with Crippen molar-refractivity contribution in [3.05, 3.63) is 12.2 Å². The summed E-state index contributed by atoms with van der Waals surface area (Å²) in [5.41, 5.74) is -1.12. The summed E-state index contributed by atoms with van der Waals surface area (Å²) in [5.74, 6) is -1.40. The summed E-state index contributed by atoms with van der Waals surface area (Å²) in [4.78, 5) is 24.7. The predicted octanol–water partition coefficient (Wildman–Crippen LogP) is 20.3. The summed E-state index contributed by atoms with van der Waals surface area (Å²) in [6.07, 6.45) is 78.7. The molecular formula is C65H124O6. The van der Waals surface area contributed by atoms with Crippen LogP contribution in [0.25, 0.3) is 0 Å². The van der Waals surface area contributed by atoms with E-state index in [1.807, 2.05) is 0 Å². The Morgan fingerprint density at radius 3 is 0.873 bits per heavy atom. The van der Waals surface area contributed by atoms with Crippen LogP contribution in [0.3, 0.4) is 0 Å². The number of allylic oxidation sites excluding steroid dienone is 2. The number of carbonyl (C=O) groups excluding carboxylic acids is 2. The van der Waals surface area contributed by atoms with Crippen molar-refractivity contribution in [2.75, 3.05) is 26.4 Å². The number of hydrogen-bond donors (Lipinski definition) is 2. The van der Waals surface area contributed by atoms with Crippen LogP contribution in [0.15, 0.2) is 12.2 Å². The van der Waals surface area contributed by atoms with Crippen molar-refractivity contribution in [3.8, 4) is 0 Å². The molecule has 1 atom stereocenters. The fourth-order valence-electron chi connectivity index (χ4n) is 10.8. The standard InChI is InChI=1S/C65H124O6/c1-2-3-4-5-6-7-8-9-10-11-12-13-14-15-16-17-18-19-20-21-22-23-24-25-26-27-28-29-30-31-32-33-34-35-36-37-38-39-40-41-42-43-44-45-46-47-48-49-50-51-52-53-54-55-56-62-57-63(68)70-60-65(58-66,59-67)61-71-64(62)69/h13-14,62,66-67H,2-12,15-61H2,1H3/b14-13+. The van der Waals surface area contributed by atoms with Crippen LogP contribution in [0, 0.1) is 11.3 Å². The smallest absolute Gasteiger partial charge is 0.309 e. The number of carbonyl (C=O) groups is 2. The van der Waals surface area contributed by atoms with Crippen LogP contribution in [0.2, 0.25) is 0 Å². The fourth-order valence-corrected chi connectivity index (χ4v) is 10.8. The van der Waals surface area contributed by atoms with E-state index in [1.54, 1.807) is 0 Å². The maximum atomic E-state index is 12.5. The van der Waals surface area contributed by atoms with Gasteiger partial charge in [-0.05, 0) is 32.1 Å². The van der Waals surface area contributed by atoms with Crippen LogP contribution in [0.4, 0.5) is 0 Å². The van der Waals surface area contributed by atoms with E-state index < -0.39 is 36.5 Å². The van der Waals surface area contributed by atoms with Gasteiger partial charge in [0, 0.05) is 0 Å². The number of hydrogen-bond acceptors (Lipinski definition) is 6. The second kappa shape index (κ2) is 54.8. The maximum absolute atomic E-state index is 12.5. The number of esters is 2. The van der Waals surface area contributed by atoms with E-state index in [-0.39, 0.29) is 19.6 Å². The molecule has 0 amide bonds. The van der Waals surface area contributed by atoms with Crippen molar-refractivity contribution in [2.24, 2.45) is 11.3 Å². The Hall–Kier alpha value is -1.40. The molecule has 0 aliphatic carbocycles. The van der Waals surface area contributed by atoms with Crippen LogP contribution in [0.1, 0.15) is 354 Å². The normalized spacial score (nSPS) is 15.3. The average molecular weight is 1000 g/mol. The van der Waals surface area contributed by atoms with E-state index >= 15 is 0 Å². The second-order valence-electron chi connectivity index (χ2n) is 23.1. The molecule has 0 spiro atoms. The Morgan fingerprint density at radius 2 is 0.606 bits per heavy atom. The monoisotopic (exact) mass is 1000 g/mol. The number of cyclic esters (lactones) is 2. The molecule has 0 aromatic rings. The van der Waals surface area contributed by atoms with Gasteiger partial charge in [0.15, 0.2) is 0 Å². The minimum atomic E-state index is -1.12. The molecule has 2 N–H and O–H groups in total. The van der Waals surface area contributed by atoms with Gasteiger partial charge in [-0.3, -0.25) is 9.59 Å². The molecule has 420 valence electrons. The van der Waals surface area contributed by atoms with Crippen molar-refractivity contribution in [2.45, 2.75) is 354 Å². The number of unbranched alkanes of at least 4 members (excludes halogenated alkanes) is 50. The number of ether oxygens (including phenoxy) is 2. The van der Waals surface area contributed by atoms with Gasteiger partial charge in [0.2, 0.25) is 0 Å². The highest BCUT2D eigenvalue weighted by Crippen LogP contribution is 2.25. The van der Waals surface area contributed by atoms with Crippen molar-refractivity contribution in [1.29, 1.82) is 0 Å². The molecule has 1 unspecified atom stereocenters. The molecule has 1 rings (SSSR count). The lowest BCUT2D eigenvalue weighted by atomic mass is 9.92. The van der Waals surface area contributed by atoms with E-state index in [0.29, 0.717) is 6.42 Å². The first-order chi connectivity index (χ1) is 35.1. The van der Waals surface area contributed by atoms with E-state index in [9.17, 15) is 19.8 Å². The van der Waals surface area contributed by atoms with Crippen molar-refractivity contribution in [3.63, 3.8) is 0 Å². The first-order valence-corrected chi connectivity index (χ1v) is 32.3. The summed E-state index contributed by atoms with van der Waals surface area (Å²) in [6.45, 7) is 1.21. The number of rotatable bonds is 56. The van der Waals surface area contributed by atoms with Crippen LogP contribution < -0.4 is 0 Å². The second-order valence-corrected chi connectivity index (χ2v) is 23.1. The highest BCUT2D eigenvalue weighted by molar-refractivity contribution is 5.80. The lowest BCUT2D eigenvalue weighted by Gasteiger charge is -2.27. The Labute approximate surface area is 443 Å². The topological polar surface area (TPSA) is 93.1 Å². The third-order valence-electron chi connectivity index (χ3n) is 16.0. The summed E-state index contributed by atoms with van der Waals surface area (Å²) < 4.78 is 10.6. The molecule has 1 heterocycles. The molecule has 1 fully saturated rings. The van der Waals surface area contributed by atoms with Gasteiger partial charge < -0.3 is 19.7 Å². The van der Waals surface area contributed by atoms with E-state index in [0.717, 1.165) is 19.3 Å². The van der Waals surface area contributed by atoms with Gasteiger partial charge in [-0.25, -0.2) is 0 Å². The SMILES string of the molecule is CCCCCCCCCCCC/C=C/CCCCCCCCCCCCCCCCCCCCCCCCCCCCCCCCCCCCCCCCCCC1CC(=O)OCC(CO)(CO)COC1=O. The third-order valence-corrected chi connectivity index (χ3v) is 16.0. The van der Waals surface area contributed by atoms with Gasteiger partial charge in [0.05, 0.1) is 31.0 Å². The molecule has 0 saturated carbocycles. The molecule has 1 aliphatic heterocycles. The van der Waals surface area contributed by atoms with E-state index in [2.05, 4.69) is 19.1 Å². The summed E-state index contributed by atoms with van der Waals surface area (Å²) in [7, 11) is 0. The van der Waals surface area contributed by atoms with E-state index in [1.165, 1.54) is 315 Å². The number of aliphatic hydroxyl groups is 2. The summed E-state index contributed by atoms with van der Waals surface area (Å²) in [5, 5.41) is 19.2. The quantitative estimate of drug-likeness (QED) is 0.0358. The van der Waals surface area contributed by atoms with Crippen LogP contribution in [-0.4, -0.2) is 48.6 Å². The third kappa shape index (κ3) is 46.8. The highest BCUT2D eigenvalue weighted by atomic mass is 16.6. The zero-order valence-electron chi connectivity index (χ0n) is 47.8. The molecule has 0 aromatic heterocycles. The van der Waals surface area contributed by atoms with Crippen LogP contribution in [-0.2, 0) is 19.1 Å². The van der Waals surface area contributed by atoms with Gasteiger partial charge in [0.1, 0.15) is 13.2 Å². The zero-order valence-corrected chi connectivity index (χ0v) is 47.8. The van der Waals surface area contributed by atoms with Crippen LogP contribution in [0.5, 0.6) is 0 Å². The minimum Gasteiger partial charge on any atom is -0.465 e. The zero-order chi connectivity index (χ0) is 51.1. The first-order valence-electron chi connectivity index (χ1n) is 32.3. The van der Waals surface area contributed by atoms with Crippen LogP contribution >= 0.6 is 0 Å². The largest absolute Gasteiger partial charge is 0.465 e. The van der Waals surface area contributed by atoms with Gasteiger partial charge in [-0.2, -0.15) is 0 Å². The Bertz CT molecular complexity index is 1120. The lowest BCUT2D eigenvalue weighted by molar-refractivity contribution is -0.155. The van der Waals surface area contributed by atoms with Gasteiger partial charge in [-0.1, -0.05) is 327 Å². The Kier molecular flexibility index (Phi) is 52.2. The molecule has 0 aromatic carbocycles. The van der Waals surface area contributed by atoms with Crippen molar-refractivity contribution < 1.29 is 29.3 Å². The van der Waals surface area contributed by atoms with Gasteiger partial charge >= 0.3 is 11.9 Å². The molecular weight excluding hydrogens is 877 g/mol. The average Bonchev–Trinajstić information content (AvgIpc) is 3.44. The predicted molar refractivity (Wildman–Crippen MR) is 306 cm³/mol. The molecule has 71 heavy (non-hydrogen) atoms. The lowest BCUT2D eigenvalue weighted by Crippen LogP contribution is -2.40. The maximum Gasteiger partial charge on any atom is 0.309 e. The Morgan fingerprint density at radius 1 is 0.366 bits per heavy atom. The highest BCUT2D eigenvalue weighted by Gasteiger charge is 2.36. The molecule has 0 radical (unpaired) electrons. The Balaban J connectivity index is 1.67. The summed E-state index contributed by atoms with van der Waals surface area (Å²) >= 11 is 0. The fraction of sp³-hybridized carbons (Fsp3) is 0.938. The van der Waals surface area contributed by atoms with Crippen molar-refractivity contribution >= 4 is 11.9 Å². The number of aliphatic hydroxyl groups excluding tert-OH is 2.